The van der Waals surface area contributed by atoms with Gasteiger partial charge < -0.3 is 15.1 Å². The Balaban J connectivity index is 1.25. The summed E-state index contributed by atoms with van der Waals surface area (Å²) >= 11 is 0. The number of hydrogen-bond donors (Lipinski definition) is 2. The van der Waals surface area contributed by atoms with E-state index in [2.05, 4.69) is 61.8 Å². The molecular formula is C25H37N5O. The molecule has 4 rings (SSSR count). The molecule has 0 radical (unpaired) electrons. The first kappa shape index (κ1) is 21.9. The molecule has 3 heterocycles. The topological polar surface area (TPSA) is 56.0 Å². The molecule has 2 aliphatic heterocycles. The van der Waals surface area contributed by atoms with Crippen LogP contribution in [0.5, 0.6) is 0 Å². The SMILES string of the molecule is CN=C(NCC(c1ccco1)N1CCCCC1)NC1CCN(Cc2ccccc2)CC1. The van der Waals surface area contributed by atoms with Crippen molar-refractivity contribution in [2.24, 2.45) is 4.99 Å². The van der Waals surface area contributed by atoms with Gasteiger partial charge in [0.15, 0.2) is 5.96 Å². The Morgan fingerprint density at radius 2 is 1.81 bits per heavy atom. The van der Waals surface area contributed by atoms with E-state index < -0.39 is 0 Å². The molecule has 1 atom stereocenters. The maximum atomic E-state index is 5.78. The van der Waals surface area contributed by atoms with Crippen molar-refractivity contribution in [2.75, 3.05) is 39.8 Å². The van der Waals surface area contributed by atoms with Crippen molar-refractivity contribution in [1.82, 2.24) is 20.4 Å². The lowest BCUT2D eigenvalue weighted by molar-refractivity contribution is 0.146. The minimum atomic E-state index is 0.251. The van der Waals surface area contributed by atoms with Crippen LogP contribution in [0.15, 0.2) is 58.1 Å². The summed E-state index contributed by atoms with van der Waals surface area (Å²) in [4.78, 5) is 9.59. The first-order valence-corrected chi connectivity index (χ1v) is 11.8. The van der Waals surface area contributed by atoms with Crippen LogP contribution >= 0.6 is 0 Å². The minimum Gasteiger partial charge on any atom is -0.468 e. The number of nitrogens with one attached hydrogen (secondary N) is 2. The molecule has 1 unspecified atom stereocenters. The van der Waals surface area contributed by atoms with Crippen LogP contribution in [0.3, 0.4) is 0 Å². The van der Waals surface area contributed by atoms with Crippen LogP contribution in [0.4, 0.5) is 0 Å². The molecule has 6 nitrogen and oxygen atoms in total. The molecule has 2 aromatic rings. The smallest absolute Gasteiger partial charge is 0.191 e. The highest BCUT2D eigenvalue weighted by Gasteiger charge is 2.25. The predicted molar refractivity (Wildman–Crippen MR) is 126 cm³/mol. The molecule has 2 aliphatic rings. The summed E-state index contributed by atoms with van der Waals surface area (Å²) < 4.78 is 5.78. The van der Waals surface area contributed by atoms with E-state index in [0.717, 1.165) is 63.8 Å². The van der Waals surface area contributed by atoms with Gasteiger partial charge in [-0.3, -0.25) is 14.8 Å². The molecule has 0 aliphatic carbocycles. The van der Waals surface area contributed by atoms with Crippen LogP contribution in [-0.4, -0.2) is 61.6 Å². The molecule has 0 saturated carbocycles. The number of guanidine groups is 1. The van der Waals surface area contributed by atoms with Crippen LogP contribution in [0.1, 0.15) is 49.5 Å². The zero-order valence-corrected chi connectivity index (χ0v) is 18.8. The summed E-state index contributed by atoms with van der Waals surface area (Å²) in [6, 6.07) is 15.6. The van der Waals surface area contributed by atoms with Gasteiger partial charge in [-0.15, -0.1) is 0 Å². The van der Waals surface area contributed by atoms with Gasteiger partial charge >= 0.3 is 0 Å². The van der Waals surface area contributed by atoms with Gasteiger partial charge in [0.1, 0.15) is 5.76 Å². The molecule has 31 heavy (non-hydrogen) atoms. The number of piperidine rings is 2. The van der Waals surface area contributed by atoms with E-state index in [1.54, 1.807) is 6.26 Å². The average Bonchev–Trinajstić information content (AvgIpc) is 3.36. The molecule has 0 bridgehead atoms. The van der Waals surface area contributed by atoms with Crippen molar-refractivity contribution < 1.29 is 4.42 Å². The Hall–Kier alpha value is -2.31. The van der Waals surface area contributed by atoms with Gasteiger partial charge in [-0.05, 0) is 56.5 Å². The fourth-order valence-corrected chi connectivity index (χ4v) is 4.78. The van der Waals surface area contributed by atoms with E-state index in [9.17, 15) is 0 Å². The molecule has 2 saturated heterocycles. The predicted octanol–water partition coefficient (Wildman–Crippen LogP) is 3.64. The number of aliphatic imine (C=N–C) groups is 1. The number of rotatable bonds is 7. The van der Waals surface area contributed by atoms with Gasteiger partial charge in [0.2, 0.25) is 0 Å². The molecular weight excluding hydrogens is 386 g/mol. The second kappa shape index (κ2) is 11.3. The summed E-state index contributed by atoms with van der Waals surface area (Å²) in [6.07, 6.45) is 7.93. The molecule has 1 aromatic carbocycles. The third-order valence-corrected chi connectivity index (χ3v) is 6.57. The first-order chi connectivity index (χ1) is 15.3. The van der Waals surface area contributed by atoms with Crippen molar-refractivity contribution in [3.05, 3.63) is 60.1 Å². The van der Waals surface area contributed by atoms with E-state index >= 15 is 0 Å². The third-order valence-electron chi connectivity index (χ3n) is 6.57. The van der Waals surface area contributed by atoms with Crippen molar-refractivity contribution in [3.8, 4) is 0 Å². The Morgan fingerprint density at radius 3 is 2.48 bits per heavy atom. The molecule has 2 fully saturated rings. The fraction of sp³-hybridized carbons (Fsp3) is 0.560. The van der Waals surface area contributed by atoms with Crippen LogP contribution in [0.2, 0.25) is 0 Å². The van der Waals surface area contributed by atoms with Gasteiger partial charge in [0.05, 0.1) is 12.3 Å². The first-order valence-electron chi connectivity index (χ1n) is 11.8. The van der Waals surface area contributed by atoms with Gasteiger partial charge in [-0.1, -0.05) is 36.8 Å². The quantitative estimate of drug-likeness (QED) is 0.526. The van der Waals surface area contributed by atoms with Crippen molar-refractivity contribution >= 4 is 5.96 Å². The van der Waals surface area contributed by atoms with Crippen LogP contribution in [0, 0.1) is 0 Å². The lowest BCUT2D eigenvalue weighted by Crippen LogP contribution is -2.50. The Kier molecular flexibility index (Phi) is 8.02. The summed E-state index contributed by atoms with van der Waals surface area (Å²) in [6.45, 7) is 6.36. The molecule has 1 aromatic heterocycles. The molecule has 2 N–H and O–H groups in total. The van der Waals surface area contributed by atoms with Crippen molar-refractivity contribution in [1.29, 1.82) is 0 Å². The average molecular weight is 424 g/mol. The highest BCUT2D eigenvalue weighted by atomic mass is 16.3. The summed E-state index contributed by atoms with van der Waals surface area (Å²) in [7, 11) is 1.86. The zero-order chi connectivity index (χ0) is 21.3. The second-order valence-electron chi connectivity index (χ2n) is 8.76. The number of benzene rings is 1. The second-order valence-corrected chi connectivity index (χ2v) is 8.76. The van der Waals surface area contributed by atoms with Crippen LogP contribution in [0.25, 0.3) is 0 Å². The van der Waals surface area contributed by atoms with Crippen LogP contribution < -0.4 is 10.6 Å². The minimum absolute atomic E-state index is 0.251. The molecule has 168 valence electrons. The number of likely N-dealkylation sites (tertiary alicyclic amines) is 2. The zero-order valence-electron chi connectivity index (χ0n) is 18.8. The number of hydrogen-bond acceptors (Lipinski definition) is 4. The normalized spacial score (nSPS) is 20.5. The lowest BCUT2D eigenvalue weighted by atomic mass is 10.0. The Morgan fingerprint density at radius 1 is 1.03 bits per heavy atom. The van der Waals surface area contributed by atoms with Gasteiger partial charge in [-0.25, -0.2) is 0 Å². The monoisotopic (exact) mass is 423 g/mol. The van der Waals surface area contributed by atoms with Crippen molar-refractivity contribution in [3.63, 3.8) is 0 Å². The van der Waals surface area contributed by atoms with E-state index in [-0.39, 0.29) is 6.04 Å². The Bertz CT molecular complexity index is 778. The summed E-state index contributed by atoms with van der Waals surface area (Å²) in [5.74, 6) is 1.94. The summed E-state index contributed by atoms with van der Waals surface area (Å²) in [5, 5.41) is 7.23. The van der Waals surface area contributed by atoms with Gasteiger partial charge in [0, 0.05) is 39.3 Å². The summed E-state index contributed by atoms with van der Waals surface area (Å²) in [5.41, 5.74) is 1.40. The van der Waals surface area contributed by atoms with Gasteiger partial charge in [0.25, 0.3) is 0 Å². The third kappa shape index (κ3) is 6.34. The van der Waals surface area contributed by atoms with E-state index in [4.69, 9.17) is 4.42 Å². The number of furan rings is 1. The molecule has 0 spiro atoms. The fourth-order valence-electron chi connectivity index (χ4n) is 4.78. The maximum Gasteiger partial charge on any atom is 0.191 e. The van der Waals surface area contributed by atoms with E-state index in [0.29, 0.717) is 6.04 Å². The standard InChI is InChI=1S/C25H37N5O/c1-26-25(27-19-23(24-11-8-18-31-24)30-14-6-3-7-15-30)28-22-12-16-29(17-13-22)20-21-9-4-2-5-10-21/h2,4-5,8-11,18,22-23H,3,6-7,12-17,19-20H2,1H3,(H2,26,27,28). The largest absolute Gasteiger partial charge is 0.468 e. The van der Waals surface area contributed by atoms with Crippen LogP contribution in [-0.2, 0) is 6.54 Å². The van der Waals surface area contributed by atoms with Crippen molar-refractivity contribution in [2.45, 2.75) is 50.7 Å². The lowest BCUT2D eigenvalue weighted by Gasteiger charge is -2.35. The van der Waals surface area contributed by atoms with E-state index in [1.165, 1.54) is 24.8 Å². The highest BCUT2D eigenvalue weighted by molar-refractivity contribution is 5.80. The van der Waals surface area contributed by atoms with Gasteiger partial charge in [-0.2, -0.15) is 0 Å². The number of nitrogens with zero attached hydrogens (tertiary/aromatic N) is 3. The highest BCUT2D eigenvalue weighted by Crippen LogP contribution is 2.24. The Labute approximate surface area is 186 Å². The maximum absolute atomic E-state index is 5.78. The molecule has 0 amide bonds. The molecule has 6 heteroatoms. The van der Waals surface area contributed by atoms with E-state index in [1.807, 2.05) is 13.1 Å².